The maximum absolute atomic E-state index is 11.9. The molecule has 7 nitrogen and oxygen atoms in total. The Morgan fingerprint density at radius 3 is 2.57 bits per heavy atom. The van der Waals surface area contributed by atoms with Gasteiger partial charge in [0.1, 0.15) is 6.54 Å². The molecular formula is C20H36IN5O2. The number of rotatable bonds is 8. The molecular weight excluding hydrogens is 469 g/mol. The summed E-state index contributed by atoms with van der Waals surface area (Å²) in [6, 6.07) is 2.43. The summed E-state index contributed by atoms with van der Waals surface area (Å²) in [5.74, 6) is 1.87. The molecule has 0 bridgehead atoms. The molecule has 2 rings (SSSR count). The van der Waals surface area contributed by atoms with Gasteiger partial charge in [-0.2, -0.15) is 0 Å². The van der Waals surface area contributed by atoms with Crippen molar-refractivity contribution in [2.45, 2.75) is 77.3 Å². The minimum absolute atomic E-state index is 0. The molecule has 1 aliphatic rings. The van der Waals surface area contributed by atoms with Crippen LogP contribution in [0.25, 0.3) is 0 Å². The summed E-state index contributed by atoms with van der Waals surface area (Å²) in [6.45, 7) is 4.97. The van der Waals surface area contributed by atoms with Crippen LogP contribution < -0.4 is 10.6 Å². The number of amides is 1. The summed E-state index contributed by atoms with van der Waals surface area (Å²) in [5.41, 5.74) is 1.01. The van der Waals surface area contributed by atoms with Gasteiger partial charge in [-0.1, -0.05) is 38.3 Å². The van der Waals surface area contributed by atoms with Gasteiger partial charge in [-0.3, -0.25) is 4.79 Å². The fourth-order valence-corrected chi connectivity index (χ4v) is 3.36. The number of carbonyl (C=O) groups excluding carboxylic acids is 1. The number of carbonyl (C=O) groups is 1. The van der Waals surface area contributed by atoms with E-state index in [0.717, 1.165) is 37.1 Å². The average molecular weight is 505 g/mol. The fraction of sp³-hybridized carbons (Fsp3) is 0.750. The van der Waals surface area contributed by atoms with Crippen molar-refractivity contribution in [2.75, 3.05) is 20.6 Å². The second-order valence-corrected chi connectivity index (χ2v) is 7.52. The average Bonchev–Trinajstić information content (AvgIpc) is 3.14. The summed E-state index contributed by atoms with van der Waals surface area (Å²) < 4.78 is 5.48. The Morgan fingerprint density at radius 2 is 1.96 bits per heavy atom. The van der Waals surface area contributed by atoms with E-state index < -0.39 is 0 Å². The van der Waals surface area contributed by atoms with Crippen LogP contribution in [0.2, 0.25) is 0 Å². The number of hydrogen-bond acceptors (Lipinski definition) is 4. The van der Waals surface area contributed by atoms with Gasteiger partial charge in [0.25, 0.3) is 0 Å². The molecule has 0 spiro atoms. The number of guanidine groups is 1. The van der Waals surface area contributed by atoms with Crippen molar-refractivity contribution >= 4 is 35.8 Å². The van der Waals surface area contributed by atoms with E-state index in [4.69, 9.17) is 4.52 Å². The molecule has 1 heterocycles. The first-order valence-corrected chi connectivity index (χ1v) is 10.2. The summed E-state index contributed by atoms with van der Waals surface area (Å²) in [5, 5.41) is 11.0. The van der Waals surface area contributed by atoms with Crippen LogP contribution in [0.15, 0.2) is 15.6 Å². The van der Waals surface area contributed by atoms with E-state index in [2.05, 4.69) is 34.6 Å². The maximum Gasteiger partial charge on any atom is 0.243 e. The molecule has 1 fully saturated rings. The first-order chi connectivity index (χ1) is 13.0. The lowest BCUT2D eigenvalue weighted by Crippen LogP contribution is -2.44. The Hall–Kier alpha value is -1.32. The second-order valence-electron chi connectivity index (χ2n) is 7.52. The number of aliphatic imine (C=N–C) groups is 1. The van der Waals surface area contributed by atoms with Crippen LogP contribution in [-0.4, -0.2) is 48.6 Å². The quantitative estimate of drug-likeness (QED) is 0.320. The fourth-order valence-electron chi connectivity index (χ4n) is 3.36. The lowest BCUT2D eigenvalue weighted by atomic mass is 9.96. The molecule has 1 aromatic heterocycles. The molecule has 8 heteroatoms. The van der Waals surface area contributed by atoms with Crippen LogP contribution >= 0.6 is 24.0 Å². The second kappa shape index (κ2) is 13.0. The molecule has 0 atom stereocenters. The lowest BCUT2D eigenvalue weighted by Gasteiger charge is -2.25. The number of nitrogens with one attached hydrogen (secondary N) is 2. The van der Waals surface area contributed by atoms with Gasteiger partial charge in [0.15, 0.2) is 11.7 Å². The van der Waals surface area contributed by atoms with Crippen LogP contribution in [0.5, 0.6) is 0 Å². The lowest BCUT2D eigenvalue weighted by molar-refractivity contribution is -0.127. The van der Waals surface area contributed by atoms with Crippen molar-refractivity contribution < 1.29 is 9.32 Å². The Kier molecular flexibility index (Phi) is 11.5. The van der Waals surface area contributed by atoms with Crippen molar-refractivity contribution in [2.24, 2.45) is 4.99 Å². The van der Waals surface area contributed by atoms with Gasteiger partial charge < -0.3 is 20.1 Å². The topological polar surface area (TPSA) is 82.8 Å². The van der Waals surface area contributed by atoms with Crippen molar-refractivity contribution in [3.63, 3.8) is 0 Å². The predicted molar refractivity (Wildman–Crippen MR) is 123 cm³/mol. The van der Waals surface area contributed by atoms with Crippen molar-refractivity contribution in [3.8, 4) is 0 Å². The largest absolute Gasteiger partial charge is 0.359 e. The van der Waals surface area contributed by atoms with Crippen LogP contribution in [-0.2, 0) is 11.3 Å². The van der Waals surface area contributed by atoms with E-state index in [0.29, 0.717) is 24.5 Å². The molecule has 0 aliphatic heterocycles. The Balaban J connectivity index is 0.00000392. The third-order valence-corrected chi connectivity index (χ3v) is 5.23. The minimum Gasteiger partial charge on any atom is -0.359 e. The van der Waals surface area contributed by atoms with Crippen LogP contribution in [0, 0.1) is 0 Å². The maximum atomic E-state index is 11.9. The molecule has 0 unspecified atom stereocenters. The summed E-state index contributed by atoms with van der Waals surface area (Å²) in [7, 11) is 3.49. The monoisotopic (exact) mass is 505 g/mol. The van der Waals surface area contributed by atoms with E-state index in [-0.39, 0.29) is 36.4 Å². The smallest absolute Gasteiger partial charge is 0.243 e. The van der Waals surface area contributed by atoms with Gasteiger partial charge in [0.05, 0.1) is 12.2 Å². The Morgan fingerprint density at radius 1 is 1.29 bits per heavy atom. The summed E-state index contributed by atoms with van der Waals surface area (Å²) in [6.07, 6.45) is 8.17. The zero-order valence-electron chi connectivity index (χ0n) is 17.7. The molecule has 1 saturated carbocycles. The zero-order valence-corrected chi connectivity index (χ0v) is 20.0. The van der Waals surface area contributed by atoms with E-state index in [1.54, 1.807) is 19.0 Å². The molecule has 160 valence electrons. The van der Waals surface area contributed by atoms with Gasteiger partial charge >= 0.3 is 0 Å². The molecule has 1 aromatic rings. The predicted octanol–water partition coefficient (Wildman–Crippen LogP) is 3.65. The van der Waals surface area contributed by atoms with Crippen LogP contribution in [0.4, 0.5) is 0 Å². The first kappa shape index (κ1) is 24.7. The summed E-state index contributed by atoms with van der Waals surface area (Å²) in [4.78, 5) is 17.9. The molecule has 0 aromatic carbocycles. The van der Waals surface area contributed by atoms with Crippen molar-refractivity contribution in [3.05, 3.63) is 17.5 Å². The van der Waals surface area contributed by atoms with E-state index in [1.807, 2.05) is 6.07 Å². The molecule has 1 amide bonds. The van der Waals surface area contributed by atoms with Gasteiger partial charge in [-0.05, 0) is 25.7 Å². The van der Waals surface area contributed by atoms with Crippen molar-refractivity contribution in [1.82, 2.24) is 20.7 Å². The number of aromatic nitrogens is 1. The number of likely N-dealkylation sites (N-methyl/N-ethyl adjacent to an activating group) is 1. The molecule has 2 N–H and O–H groups in total. The highest BCUT2D eigenvalue weighted by Crippen LogP contribution is 2.22. The Bertz CT molecular complexity index is 607. The van der Waals surface area contributed by atoms with Gasteiger partial charge in [0, 0.05) is 32.1 Å². The highest BCUT2D eigenvalue weighted by Gasteiger charge is 2.17. The number of nitrogens with zero attached hydrogens (tertiary/aromatic N) is 3. The van der Waals surface area contributed by atoms with Crippen LogP contribution in [0.1, 0.15) is 76.2 Å². The third kappa shape index (κ3) is 7.97. The van der Waals surface area contributed by atoms with E-state index in [9.17, 15) is 4.79 Å². The highest BCUT2D eigenvalue weighted by atomic mass is 127. The number of halogens is 1. The standard InChI is InChI=1S/C20H35N5O2.HI/c1-5-15(6-2)18-12-17(27-24-18)13-21-20(22-14-19(26)25(3)4)23-16-10-8-7-9-11-16;/h12,15-16H,5-11,13-14H2,1-4H3,(H2,21,22,23);1H. The minimum atomic E-state index is -0.0181. The highest BCUT2D eigenvalue weighted by molar-refractivity contribution is 14.0. The SMILES string of the molecule is CCC(CC)c1cc(CNC(=NCC(=O)N(C)C)NC2CCCCC2)on1.I. The van der Waals surface area contributed by atoms with E-state index in [1.165, 1.54) is 19.3 Å². The normalized spacial score (nSPS) is 15.2. The van der Waals surface area contributed by atoms with Crippen molar-refractivity contribution in [1.29, 1.82) is 0 Å². The third-order valence-electron chi connectivity index (χ3n) is 5.23. The van der Waals surface area contributed by atoms with E-state index >= 15 is 0 Å². The molecule has 28 heavy (non-hydrogen) atoms. The molecule has 1 aliphatic carbocycles. The van der Waals surface area contributed by atoms with Gasteiger partial charge in [0.2, 0.25) is 5.91 Å². The first-order valence-electron chi connectivity index (χ1n) is 10.2. The summed E-state index contributed by atoms with van der Waals surface area (Å²) >= 11 is 0. The molecule has 0 saturated heterocycles. The zero-order chi connectivity index (χ0) is 19.6. The van der Waals surface area contributed by atoms with Gasteiger partial charge in [-0.25, -0.2) is 4.99 Å². The van der Waals surface area contributed by atoms with Gasteiger partial charge in [-0.15, -0.1) is 24.0 Å². The van der Waals surface area contributed by atoms with Crippen LogP contribution in [0.3, 0.4) is 0 Å². The molecule has 0 radical (unpaired) electrons. The Labute approximate surface area is 186 Å². The number of hydrogen-bond donors (Lipinski definition) is 2.